The zero-order chi connectivity index (χ0) is 13.7. The van der Waals surface area contributed by atoms with Crippen molar-refractivity contribution in [1.29, 1.82) is 0 Å². The number of aromatic hydroxyl groups is 1. The Bertz CT molecular complexity index is 750. The van der Waals surface area contributed by atoms with Gasteiger partial charge in [0.05, 0.1) is 10.4 Å². The van der Waals surface area contributed by atoms with Crippen LogP contribution in [-0.4, -0.2) is 15.8 Å². The smallest absolute Gasteiger partial charge is 0.196 e. The number of nitrogens with two attached hydrogens (primary N) is 1. The third-order valence-corrected chi connectivity index (χ3v) is 3.85. The number of nitrogen functional groups attached to an aromatic ring is 1. The second-order valence-corrected chi connectivity index (χ2v) is 4.99. The monoisotopic (exact) mass is 269 g/mol. The SMILES string of the molecule is Cc1cc(O)c2c(c1N)C(=O)c1ccccc1C2=S. The maximum absolute atomic E-state index is 12.5. The first kappa shape index (κ1) is 11.9. The molecule has 0 aromatic heterocycles. The zero-order valence-electron chi connectivity index (χ0n) is 10.2. The van der Waals surface area contributed by atoms with Crippen LogP contribution in [0.4, 0.5) is 5.69 Å². The number of ketones is 1. The normalized spacial score (nSPS) is 13.1. The van der Waals surface area contributed by atoms with Crippen LogP contribution in [0.2, 0.25) is 0 Å². The van der Waals surface area contributed by atoms with Crippen LogP contribution in [0.25, 0.3) is 0 Å². The number of phenols is 1. The summed E-state index contributed by atoms with van der Waals surface area (Å²) in [5, 5.41) is 10.1. The van der Waals surface area contributed by atoms with Gasteiger partial charge in [-0.05, 0) is 18.6 Å². The van der Waals surface area contributed by atoms with Crippen molar-refractivity contribution in [1.82, 2.24) is 0 Å². The van der Waals surface area contributed by atoms with Crippen molar-refractivity contribution in [3.8, 4) is 5.75 Å². The summed E-state index contributed by atoms with van der Waals surface area (Å²) >= 11 is 5.39. The Labute approximate surface area is 115 Å². The van der Waals surface area contributed by atoms with Crippen molar-refractivity contribution >= 4 is 28.6 Å². The molecule has 0 atom stereocenters. The number of benzene rings is 2. The van der Waals surface area contributed by atoms with Gasteiger partial charge in [0, 0.05) is 22.4 Å². The minimum Gasteiger partial charge on any atom is -0.507 e. The molecule has 2 aromatic rings. The van der Waals surface area contributed by atoms with Gasteiger partial charge in [-0.15, -0.1) is 0 Å². The highest BCUT2D eigenvalue weighted by atomic mass is 32.1. The van der Waals surface area contributed by atoms with Gasteiger partial charge in [0.25, 0.3) is 0 Å². The van der Waals surface area contributed by atoms with Crippen molar-refractivity contribution in [2.24, 2.45) is 0 Å². The van der Waals surface area contributed by atoms with Crippen molar-refractivity contribution in [3.05, 3.63) is 58.1 Å². The summed E-state index contributed by atoms with van der Waals surface area (Å²) in [7, 11) is 0. The van der Waals surface area contributed by atoms with Crippen LogP contribution < -0.4 is 5.73 Å². The molecule has 0 fully saturated rings. The molecule has 0 spiro atoms. The second-order valence-electron chi connectivity index (χ2n) is 4.58. The Morgan fingerprint density at radius 1 is 1.16 bits per heavy atom. The molecule has 0 heterocycles. The van der Waals surface area contributed by atoms with E-state index in [9.17, 15) is 9.90 Å². The van der Waals surface area contributed by atoms with Crippen molar-refractivity contribution in [2.45, 2.75) is 6.92 Å². The number of thiocarbonyl (C=S) groups is 1. The number of anilines is 1. The Hall–Kier alpha value is -2.20. The van der Waals surface area contributed by atoms with Gasteiger partial charge < -0.3 is 10.8 Å². The fourth-order valence-corrected chi connectivity index (χ4v) is 2.81. The molecule has 1 aliphatic rings. The Kier molecular flexibility index (Phi) is 2.43. The van der Waals surface area contributed by atoms with Crippen LogP contribution in [0, 0.1) is 6.92 Å². The lowest BCUT2D eigenvalue weighted by molar-refractivity contribution is 0.103. The Morgan fingerprint density at radius 2 is 1.79 bits per heavy atom. The van der Waals surface area contributed by atoms with E-state index in [4.69, 9.17) is 18.0 Å². The number of carbonyl (C=O) groups is 1. The molecule has 1 aliphatic carbocycles. The van der Waals surface area contributed by atoms with E-state index >= 15 is 0 Å². The molecule has 0 unspecified atom stereocenters. The fraction of sp³-hybridized carbons (Fsp3) is 0.0667. The number of carbonyl (C=O) groups excluding carboxylic acids is 1. The summed E-state index contributed by atoms with van der Waals surface area (Å²) < 4.78 is 0. The van der Waals surface area contributed by atoms with Crippen LogP contribution >= 0.6 is 12.2 Å². The number of rotatable bonds is 0. The molecule has 3 rings (SSSR count). The highest BCUT2D eigenvalue weighted by Crippen LogP contribution is 2.38. The van der Waals surface area contributed by atoms with Crippen molar-refractivity contribution < 1.29 is 9.90 Å². The number of phenolic OH excluding ortho intramolecular Hbond substituents is 1. The third kappa shape index (κ3) is 1.50. The standard InChI is InChI=1S/C15H11NO2S/c1-7-6-10(17)11-12(13(7)16)14(18)8-4-2-3-5-9(8)15(11)19/h2-6,17H,16H2,1H3. The molecule has 3 N–H and O–H groups in total. The van der Waals surface area contributed by atoms with E-state index in [2.05, 4.69) is 0 Å². The Balaban J connectivity index is 2.43. The van der Waals surface area contributed by atoms with E-state index in [0.29, 0.717) is 38.4 Å². The summed E-state index contributed by atoms with van der Waals surface area (Å²) in [4.78, 5) is 13.0. The molecule has 0 saturated heterocycles. The molecule has 0 bridgehead atoms. The first-order valence-electron chi connectivity index (χ1n) is 5.83. The van der Waals surface area contributed by atoms with E-state index in [-0.39, 0.29) is 11.5 Å². The molecule has 94 valence electrons. The maximum atomic E-state index is 12.5. The summed E-state index contributed by atoms with van der Waals surface area (Å²) in [5.41, 5.74) is 8.96. The lowest BCUT2D eigenvalue weighted by atomic mass is 9.82. The Morgan fingerprint density at radius 3 is 2.47 bits per heavy atom. The van der Waals surface area contributed by atoms with E-state index < -0.39 is 0 Å². The molecule has 0 saturated carbocycles. The summed E-state index contributed by atoms with van der Waals surface area (Å²) in [6.07, 6.45) is 0. The van der Waals surface area contributed by atoms with Crippen molar-refractivity contribution in [3.63, 3.8) is 0 Å². The number of hydrogen-bond donors (Lipinski definition) is 2. The van der Waals surface area contributed by atoms with E-state index in [1.54, 1.807) is 31.2 Å². The van der Waals surface area contributed by atoms with Gasteiger partial charge in [-0.25, -0.2) is 0 Å². The van der Waals surface area contributed by atoms with Crippen LogP contribution in [0.5, 0.6) is 5.75 Å². The number of fused-ring (bicyclic) bond motifs is 2. The quantitative estimate of drug-likeness (QED) is 0.374. The molecule has 19 heavy (non-hydrogen) atoms. The van der Waals surface area contributed by atoms with Gasteiger partial charge in [-0.3, -0.25) is 4.79 Å². The van der Waals surface area contributed by atoms with Crippen LogP contribution in [0.15, 0.2) is 30.3 Å². The molecule has 2 aromatic carbocycles. The number of aryl methyl sites for hydroxylation is 1. The zero-order valence-corrected chi connectivity index (χ0v) is 11.0. The highest BCUT2D eigenvalue weighted by molar-refractivity contribution is 7.81. The average molecular weight is 269 g/mol. The van der Waals surface area contributed by atoms with E-state index in [1.165, 1.54) is 0 Å². The minimum atomic E-state index is -0.185. The van der Waals surface area contributed by atoms with Crippen LogP contribution in [0.1, 0.15) is 32.6 Å². The summed E-state index contributed by atoms with van der Waals surface area (Å²) in [6.45, 7) is 1.76. The predicted octanol–water partition coefficient (Wildman–Crippen LogP) is 2.59. The highest BCUT2D eigenvalue weighted by Gasteiger charge is 2.31. The van der Waals surface area contributed by atoms with Gasteiger partial charge in [0.2, 0.25) is 0 Å². The molecule has 3 nitrogen and oxygen atoms in total. The molecule has 0 amide bonds. The van der Waals surface area contributed by atoms with Crippen LogP contribution in [0.3, 0.4) is 0 Å². The van der Waals surface area contributed by atoms with Gasteiger partial charge >= 0.3 is 0 Å². The molecular formula is C15H11NO2S. The lowest BCUT2D eigenvalue weighted by Crippen LogP contribution is -2.22. The second kappa shape index (κ2) is 3.90. The average Bonchev–Trinajstić information content (AvgIpc) is 2.40. The van der Waals surface area contributed by atoms with Gasteiger partial charge in [-0.1, -0.05) is 36.5 Å². The summed E-state index contributed by atoms with van der Waals surface area (Å²) in [6, 6.07) is 8.66. The van der Waals surface area contributed by atoms with Gasteiger partial charge in [0.1, 0.15) is 5.75 Å². The molecule has 4 heteroatoms. The van der Waals surface area contributed by atoms with Crippen molar-refractivity contribution in [2.75, 3.05) is 5.73 Å². The fourth-order valence-electron chi connectivity index (χ4n) is 2.43. The molecule has 0 radical (unpaired) electrons. The third-order valence-electron chi connectivity index (χ3n) is 3.42. The summed E-state index contributed by atoms with van der Waals surface area (Å²) in [5.74, 6) is -0.176. The largest absolute Gasteiger partial charge is 0.507 e. The predicted molar refractivity (Wildman–Crippen MR) is 77.9 cm³/mol. The first-order chi connectivity index (χ1) is 9.02. The van der Waals surface area contributed by atoms with E-state index in [1.807, 2.05) is 6.07 Å². The van der Waals surface area contributed by atoms with Gasteiger partial charge in [0.15, 0.2) is 5.78 Å². The van der Waals surface area contributed by atoms with E-state index in [0.717, 1.165) is 0 Å². The lowest BCUT2D eigenvalue weighted by Gasteiger charge is -2.22. The van der Waals surface area contributed by atoms with Crippen LogP contribution in [-0.2, 0) is 0 Å². The molecular weight excluding hydrogens is 258 g/mol. The topological polar surface area (TPSA) is 63.3 Å². The number of hydrogen-bond acceptors (Lipinski definition) is 4. The molecule has 0 aliphatic heterocycles. The minimum absolute atomic E-state index is 0.00885. The maximum Gasteiger partial charge on any atom is 0.196 e. The van der Waals surface area contributed by atoms with Gasteiger partial charge in [-0.2, -0.15) is 0 Å². The first-order valence-corrected chi connectivity index (χ1v) is 6.23.